The maximum absolute atomic E-state index is 11.9. The summed E-state index contributed by atoms with van der Waals surface area (Å²) in [7, 11) is 0. The van der Waals surface area contributed by atoms with Crippen LogP contribution in [-0.4, -0.2) is 24.6 Å². The Kier molecular flexibility index (Phi) is 6.05. The zero-order valence-corrected chi connectivity index (χ0v) is 14.1. The van der Waals surface area contributed by atoms with Gasteiger partial charge >= 0.3 is 0 Å². The van der Waals surface area contributed by atoms with E-state index in [1.807, 2.05) is 43.3 Å². The average molecular weight is 374 g/mol. The molecular weight excluding hydrogens is 358 g/mol. The van der Waals surface area contributed by atoms with Crippen LogP contribution in [0.15, 0.2) is 58.1 Å². The van der Waals surface area contributed by atoms with Crippen LogP contribution in [-0.2, 0) is 4.79 Å². The van der Waals surface area contributed by atoms with Crippen molar-refractivity contribution < 1.29 is 9.59 Å². The van der Waals surface area contributed by atoms with E-state index in [9.17, 15) is 9.59 Å². The molecular formula is C17H16BrN3O2. The van der Waals surface area contributed by atoms with Gasteiger partial charge in [0, 0.05) is 10.0 Å². The van der Waals surface area contributed by atoms with Crippen molar-refractivity contribution >= 4 is 34.0 Å². The van der Waals surface area contributed by atoms with Crippen molar-refractivity contribution in [3.8, 4) is 0 Å². The molecule has 0 saturated carbocycles. The first kappa shape index (κ1) is 16.9. The largest absolute Gasteiger partial charge is 0.343 e. The van der Waals surface area contributed by atoms with Crippen LogP contribution < -0.4 is 10.7 Å². The summed E-state index contributed by atoms with van der Waals surface area (Å²) in [6.45, 7) is 1.81. The molecule has 0 saturated heterocycles. The van der Waals surface area contributed by atoms with Gasteiger partial charge in [-0.05, 0) is 36.8 Å². The number of hydrogen-bond donors (Lipinski definition) is 2. The first-order valence-corrected chi connectivity index (χ1v) is 7.76. The summed E-state index contributed by atoms with van der Waals surface area (Å²) in [4.78, 5) is 23.5. The molecule has 2 amide bonds. The number of aryl methyl sites for hydroxylation is 1. The minimum absolute atomic E-state index is 0.136. The summed E-state index contributed by atoms with van der Waals surface area (Å²) in [5.74, 6) is -0.687. The number of rotatable bonds is 5. The lowest BCUT2D eigenvalue weighted by atomic mass is 10.1. The number of hydrazone groups is 1. The molecule has 0 aliphatic rings. The molecule has 23 heavy (non-hydrogen) atoms. The molecule has 0 bridgehead atoms. The van der Waals surface area contributed by atoms with Crippen LogP contribution in [0.3, 0.4) is 0 Å². The van der Waals surface area contributed by atoms with Crippen molar-refractivity contribution in [2.45, 2.75) is 6.92 Å². The van der Waals surface area contributed by atoms with E-state index in [-0.39, 0.29) is 12.5 Å². The monoisotopic (exact) mass is 373 g/mol. The second-order valence-electron chi connectivity index (χ2n) is 4.90. The fourth-order valence-electron chi connectivity index (χ4n) is 1.77. The van der Waals surface area contributed by atoms with Crippen LogP contribution in [0.4, 0.5) is 0 Å². The van der Waals surface area contributed by atoms with Gasteiger partial charge < -0.3 is 5.32 Å². The second-order valence-corrected chi connectivity index (χ2v) is 5.81. The summed E-state index contributed by atoms with van der Waals surface area (Å²) in [6, 6.07) is 14.6. The summed E-state index contributed by atoms with van der Waals surface area (Å²) < 4.78 is 0.929. The van der Waals surface area contributed by atoms with E-state index in [0.29, 0.717) is 5.56 Å². The normalized spacial score (nSPS) is 10.5. The zero-order valence-electron chi connectivity index (χ0n) is 12.5. The Balaban J connectivity index is 1.78. The molecule has 0 spiro atoms. The molecule has 0 aromatic heterocycles. The minimum Gasteiger partial charge on any atom is -0.343 e. The third-order valence-corrected chi connectivity index (χ3v) is 3.47. The maximum Gasteiger partial charge on any atom is 0.259 e. The number of benzene rings is 2. The Hall–Kier alpha value is -2.47. The van der Waals surface area contributed by atoms with Crippen LogP contribution >= 0.6 is 15.9 Å². The van der Waals surface area contributed by atoms with Crippen LogP contribution in [0.5, 0.6) is 0 Å². The topological polar surface area (TPSA) is 70.6 Å². The average Bonchev–Trinajstić information content (AvgIpc) is 2.53. The fourth-order valence-corrected chi connectivity index (χ4v) is 2.19. The Morgan fingerprint density at radius 3 is 2.61 bits per heavy atom. The first-order chi connectivity index (χ1) is 11.0. The van der Waals surface area contributed by atoms with Gasteiger partial charge in [0.25, 0.3) is 11.8 Å². The van der Waals surface area contributed by atoms with Crippen molar-refractivity contribution in [2.75, 3.05) is 6.54 Å². The van der Waals surface area contributed by atoms with Crippen LogP contribution in [0.25, 0.3) is 0 Å². The smallest absolute Gasteiger partial charge is 0.259 e. The number of halogens is 1. The highest BCUT2D eigenvalue weighted by molar-refractivity contribution is 9.10. The Morgan fingerprint density at radius 2 is 1.91 bits per heavy atom. The summed E-state index contributed by atoms with van der Waals surface area (Å²) in [5, 5.41) is 6.39. The molecule has 118 valence electrons. The van der Waals surface area contributed by atoms with Crippen molar-refractivity contribution in [3.63, 3.8) is 0 Å². The molecule has 2 aromatic carbocycles. The Labute approximate surface area is 142 Å². The van der Waals surface area contributed by atoms with Crippen LogP contribution in [0.2, 0.25) is 0 Å². The van der Waals surface area contributed by atoms with E-state index in [4.69, 9.17) is 0 Å². The molecule has 6 heteroatoms. The lowest BCUT2D eigenvalue weighted by Crippen LogP contribution is -2.34. The van der Waals surface area contributed by atoms with Crippen LogP contribution in [0, 0.1) is 6.92 Å². The van der Waals surface area contributed by atoms with Gasteiger partial charge in [-0.25, -0.2) is 5.43 Å². The predicted molar refractivity (Wildman–Crippen MR) is 93.4 cm³/mol. The number of amides is 2. The van der Waals surface area contributed by atoms with Crippen molar-refractivity contribution in [3.05, 3.63) is 69.7 Å². The van der Waals surface area contributed by atoms with Crippen LogP contribution in [0.1, 0.15) is 21.5 Å². The number of nitrogens with zero attached hydrogens (tertiary/aromatic N) is 1. The van der Waals surface area contributed by atoms with E-state index >= 15 is 0 Å². The van der Waals surface area contributed by atoms with E-state index < -0.39 is 5.91 Å². The van der Waals surface area contributed by atoms with E-state index in [1.165, 1.54) is 6.21 Å². The highest BCUT2D eigenvalue weighted by atomic mass is 79.9. The van der Waals surface area contributed by atoms with Gasteiger partial charge in [-0.15, -0.1) is 0 Å². The third-order valence-electron chi connectivity index (χ3n) is 2.97. The first-order valence-electron chi connectivity index (χ1n) is 6.97. The molecule has 0 radical (unpaired) electrons. The zero-order chi connectivity index (χ0) is 16.7. The van der Waals surface area contributed by atoms with Crippen molar-refractivity contribution in [1.82, 2.24) is 10.7 Å². The van der Waals surface area contributed by atoms with Gasteiger partial charge in [0.05, 0.1) is 12.8 Å². The molecule has 0 heterocycles. The van der Waals surface area contributed by atoms with Gasteiger partial charge in [-0.3, -0.25) is 9.59 Å². The standard InChI is InChI=1S/C17H16BrN3O2/c1-12-5-7-14(8-6-12)17(23)19-11-16(22)21-20-10-13-3-2-4-15(18)9-13/h2-10H,11H2,1H3,(H,19,23)(H,21,22)/b20-10-. The highest BCUT2D eigenvalue weighted by Crippen LogP contribution is 2.09. The quantitative estimate of drug-likeness (QED) is 0.624. The molecule has 0 fully saturated rings. The van der Waals surface area contributed by atoms with Crippen molar-refractivity contribution in [2.24, 2.45) is 5.10 Å². The number of hydrogen-bond acceptors (Lipinski definition) is 3. The predicted octanol–water partition coefficient (Wildman–Crippen LogP) is 2.64. The van der Waals surface area contributed by atoms with E-state index in [0.717, 1.165) is 15.6 Å². The molecule has 0 aliphatic heterocycles. The second kappa shape index (κ2) is 8.24. The van der Waals surface area contributed by atoms with Gasteiger partial charge in [0.2, 0.25) is 0 Å². The molecule has 2 N–H and O–H groups in total. The van der Waals surface area contributed by atoms with E-state index in [1.54, 1.807) is 12.1 Å². The number of carbonyl (C=O) groups is 2. The molecule has 2 aromatic rings. The Morgan fingerprint density at radius 1 is 1.17 bits per heavy atom. The fraction of sp³-hybridized carbons (Fsp3) is 0.118. The van der Waals surface area contributed by atoms with Crippen molar-refractivity contribution in [1.29, 1.82) is 0 Å². The number of nitrogens with one attached hydrogen (secondary N) is 2. The molecule has 0 aliphatic carbocycles. The molecule has 0 atom stereocenters. The number of carbonyl (C=O) groups excluding carboxylic acids is 2. The summed E-state index contributed by atoms with van der Waals surface area (Å²) in [6.07, 6.45) is 1.53. The minimum atomic E-state index is -0.392. The Bertz CT molecular complexity index is 727. The van der Waals surface area contributed by atoms with Gasteiger partial charge in [-0.1, -0.05) is 45.8 Å². The van der Waals surface area contributed by atoms with Gasteiger partial charge in [-0.2, -0.15) is 5.10 Å². The SMILES string of the molecule is Cc1ccc(C(=O)NCC(=O)N/N=C\c2cccc(Br)c2)cc1. The summed E-state index contributed by atoms with van der Waals surface area (Å²) >= 11 is 3.35. The van der Waals surface area contributed by atoms with E-state index in [2.05, 4.69) is 31.8 Å². The maximum atomic E-state index is 11.9. The van der Waals surface area contributed by atoms with Gasteiger partial charge in [0.15, 0.2) is 0 Å². The molecule has 2 rings (SSSR count). The third kappa shape index (κ3) is 5.67. The molecule has 5 nitrogen and oxygen atoms in total. The van der Waals surface area contributed by atoms with Gasteiger partial charge in [0.1, 0.15) is 0 Å². The molecule has 0 unspecified atom stereocenters. The highest BCUT2D eigenvalue weighted by Gasteiger charge is 2.06. The summed E-state index contributed by atoms with van der Waals surface area (Å²) in [5.41, 5.74) is 4.80. The lowest BCUT2D eigenvalue weighted by molar-refractivity contribution is -0.120. The lowest BCUT2D eigenvalue weighted by Gasteiger charge is -2.04.